The van der Waals surface area contributed by atoms with Gasteiger partial charge in [-0.15, -0.1) is 0 Å². The van der Waals surface area contributed by atoms with Crippen LogP contribution in [-0.4, -0.2) is 11.0 Å². The van der Waals surface area contributed by atoms with Crippen LogP contribution in [-0.2, 0) is 0 Å². The van der Waals surface area contributed by atoms with Crippen LogP contribution < -0.4 is 5.32 Å². The van der Waals surface area contributed by atoms with Gasteiger partial charge in [0.25, 0.3) is 5.69 Å². The molecule has 0 aliphatic carbocycles. The van der Waals surface area contributed by atoms with Crippen molar-refractivity contribution in [3.05, 3.63) is 32.8 Å². The van der Waals surface area contributed by atoms with E-state index in [1.54, 1.807) is 12.1 Å². The molecule has 1 N–H and O–H groups in total. The van der Waals surface area contributed by atoms with Gasteiger partial charge in [-0.25, -0.2) is 0 Å². The lowest BCUT2D eigenvalue weighted by Gasteiger charge is -2.17. The molecule has 0 spiro atoms. The van der Waals surface area contributed by atoms with Crippen LogP contribution in [0.5, 0.6) is 0 Å². The number of hydrogen-bond donors (Lipinski definition) is 1. The SMILES string of the molecule is CCCC(CC)Nc1ccc(Br)c([N+](=O)[O-])c1. The van der Waals surface area contributed by atoms with Crippen molar-refractivity contribution in [3.63, 3.8) is 0 Å². The summed E-state index contributed by atoms with van der Waals surface area (Å²) in [6.45, 7) is 4.25. The Labute approximate surface area is 110 Å². The number of benzene rings is 1. The minimum atomic E-state index is -0.379. The molecule has 0 radical (unpaired) electrons. The Balaban J connectivity index is 2.84. The van der Waals surface area contributed by atoms with E-state index in [9.17, 15) is 10.1 Å². The van der Waals surface area contributed by atoms with Gasteiger partial charge in [-0.05, 0) is 40.9 Å². The number of nitro benzene ring substituents is 1. The Morgan fingerprint density at radius 3 is 2.71 bits per heavy atom. The van der Waals surface area contributed by atoms with E-state index in [-0.39, 0.29) is 10.6 Å². The molecule has 0 heterocycles. The molecule has 17 heavy (non-hydrogen) atoms. The topological polar surface area (TPSA) is 55.2 Å². The monoisotopic (exact) mass is 300 g/mol. The normalized spacial score (nSPS) is 12.2. The van der Waals surface area contributed by atoms with E-state index in [4.69, 9.17) is 0 Å². The summed E-state index contributed by atoms with van der Waals surface area (Å²) in [4.78, 5) is 10.4. The second-order valence-electron chi connectivity index (χ2n) is 3.96. The van der Waals surface area contributed by atoms with E-state index < -0.39 is 0 Å². The molecule has 1 atom stereocenters. The van der Waals surface area contributed by atoms with E-state index in [1.807, 2.05) is 6.07 Å². The van der Waals surface area contributed by atoms with E-state index in [0.29, 0.717) is 10.5 Å². The zero-order valence-electron chi connectivity index (χ0n) is 10.1. The van der Waals surface area contributed by atoms with Gasteiger partial charge >= 0.3 is 0 Å². The first-order valence-corrected chi connectivity index (χ1v) is 6.58. The zero-order valence-corrected chi connectivity index (χ0v) is 11.7. The molecule has 0 aliphatic heterocycles. The maximum atomic E-state index is 10.8. The van der Waals surface area contributed by atoms with Crippen molar-refractivity contribution in [2.75, 3.05) is 5.32 Å². The molecule has 4 nitrogen and oxygen atoms in total. The van der Waals surface area contributed by atoms with Crippen LogP contribution >= 0.6 is 15.9 Å². The van der Waals surface area contributed by atoms with Crippen LogP contribution in [0, 0.1) is 10.1 Å². The Kier molecular flexibility index (Phi) is 5.41. The average Bonchev–Trinajstić information content (AvgIpc) is 2.30. The standard InChI is InChI=1S/C12H17BrN2O2/c1-3-5-9(4-2)14-10-6-7-11(13)12(8-10)15(16)17/h6-9,14H,3-5H2,1-2H3. The molecular formula is C12H17BrN2O2. The second-order valence-corrected chi connectivity index (χ2v) is 4.82. The Morgan fingerprint density at radius 2 is 2.18 bits per heavy atom. The molecule has 0 bridgehead atoms. The van der Waals surface area contributed by atoms with Gasteiger partial charge in [-0.3, -0.25) is 10.1 Å². The van der Waals surface area contributed by atoms with Crippen molar-refractivity contribution in [1.29, 1.82) is 0 Å². The summed E-state index contributed by atoms with van der Waals surface area (Å²) in [6.07, 6.45) is 3.18. The Hall–Kier alpha value is -1.10. The third kappa shape index (κ3) is 4.00. The van der Waals surface area contributed by atoms with Gasteiger partial charge in [0.2, 0.25) is 0 Å². The summed E-state index contributed by atoms with van der Waals surface area (Å²) in [5.41, 5.74) is 0.904. The first kappa shape index (κ1) is 14.0. The number of anilines is 1. The summed E-state index contributed by atoms with van der Waals surface area (Å²) in [7, 11) is 0. The summed E-state index contributed by atoms with van der Waals surface area (Å²) in [5, 5.41) is 14.1. The first-order chi connectivity index (χ1) is 8.08. The fourth-order valence-electron chi connectivity index (χ4n) is 1.70. The number of nitrogens with zero attached hydrogens (tertiary/aromatic N) is 1. The predicted molar refractivity (Wildman–Crippen MR) is 73.4 cm³/mol. The number of hydrogen-bond acceptors (Lipinski definition) is 3. The molecule has 1 rings (SSSR count). The highest BCUT2D eigenvalue weighted by atomic mass is 79.9. The maximum Gasteiger partial charge on any atom is 0.285 e. The summed E-state index contributed by atoms with van der Waals surface area (Å²) in [5.74, 6) is 0. The van der Waals surface area contributed by atoms with Gasteiger partial charge in [0, 0.05) is 17.8 Å². The van der Waals surface area contributed by atoms with Crippen LogP contribution in [0.4, 0.5) is 11.4 Å². The third-order valence-corrected chi connectivity index (χ3v) is 3.31. The Bertz CT molecular complexity index is 396. The molecule has 0 amide bonds. The molecule has 0 saturated carbocycles. The molecule has 1 aromatic rings. The summed E-state index contributed by atoms with van der Waals surface area (Å²) < 4.78 is 0.511. The highest BCUT2D eigenvalue weighted by Gasteiger charge is 2.13. The lowest BCUT2D eigenvalue weighted by Crippen LogP contribution is -2.17. The van der Waals surface area contributed by atoms with E-state index in [1.165, 1.54) is 0 Å². The Morgan fingerprint density at radius 1 is 1.47 bits per heavy atom. The van der Waals surface area contributed by atoms with Gasteiger partial charge in [-0.1, -0.05) is 20.3 Å². The molecule has 1 aromatic carbocycles. The summed E-state index contributed by atoms with van der Waals surface area (Å²) in [6, 6.07) is 5.51. The summed E-state index contributed by atoms with van der Waals surface area (Å²) >= 11 is 3.18. The van der Waals surface area contributed by atoms with Gasteiger partial charge in [0.1, 0.15) is 0 Å². The quantitative estimate of drug-likeness (QED) is 0.628. The van der Waals surface area contributed by atoms with E-state index >= 15 is 0 Å². The fourth-order valence-corrected chi connectivity index (χ4v) is 2.10. The largest absolute Gasteiger partial charge is 0.382 e. The lowest BCUT2D eigenvalue weighted by molar-refractivity contribution is -0.385. The molecular weight excluding hydrogens is 284 g/mol. The molecule has 1 unspecified atom stereocenters. The van der Waals surface area contributed by atoms with Crippen molar-refractivity contribution < 1.29 is 4.92 Å². The number of nitro groups is 1. The molecule has 0 aromatic heterocycles. The second kappa shape index (κ2) is 6.59. The molecule has 94 valence electrons. The minimum Gasteiger partial charge on any atom is -0.382 e. The van der Waals surface area contributed by atoms with Crippen molar-refractivity contribution in [2.24, 2.45) is 0 Å². The van der Waals surface area contributed by atoms with Gasteiger partial charge in [0.15, 0.2) is 0 Å². The zero-order chi connectivity index (χ0) is 12.8. The smallest absolute Gasteiger partial charge is 0.285 e. The fraction of sp³-hybridized carbons (Fsp3) is 0.500. The van der Waals surface area contributed by atoms with Gasteiger partial charge in [0.05, 0.1) is 9.40 Å². The third-order valence-electron chi connectivity index (χ3n) is 2.64. The van der Waals surface area contributed by atoms with Crippen molar-refractivity contribution >= 4 is 27.3 Å². The van der Waals surface area contributed by atoms with Crippen LogP contribution in [0.25, 0.3) is 0 Å². The highest BCUT2D eigenvalue weighted by molar-refractivity contribution is 9.10. The van der Waals surface area contributed by atoms with E-state index in [2.05, 4.69) is 35.1 Å². The molecule has 5 heteroatoms. The molecule has 0 aliphatic rings. The van der Waals surface area contributed by atoms with Crippen LogP contribution in [0.1, 0.15) is 33.1 Å². The number of nitrogens with one attached hydrogen (secondary N) is 1. The minimum absolute atomic E-state index is 0.0985. The van der Waals surface area contributed by atoms with E-state index in [0.717, 1.165) is 24.9 Å². The van der Waals surface area contributed by atoms with Crippen molar-refractivity contribution in [2.45, 2.75) is 39.2 Å². The van der Waals surface area contributed by atoms with Crippen LogP contribution in [0.3, 0.4) is 0 Å². The van der Waals surface area contributed by atoms with Gasteiger partial charge < -0.3 is 5.32 Å². The van der Waals surface area contributed by atoms with Crippen molar-refractivity contribution in [1.82, 2.24) is 0 Å². The lowest BCUT2D eigenvalue weighted by atomic mass is 10.1. The predicted octanol–water partition coefficient (Wildman–Crippen LogP) is 4.35. The molecule has 0 fully saturated rings. The first-order valence-electron chi connectivity index (χ1n) is 5.79. The number of halogens is 1. The average molecular weight is 301 g/mol. The van der Waals surface area contributed by atoms with Crippen LogP contribution in [0.15, 0.2) is 22.7 Å². The number of rotatable bonds is 6. The van der Waals surface area contributed by atoms with Crippen molar-refractivity contribution in [3.8, 4) is 0 Å². The molecule has 0 saturated heterocycles. The van der Waals surface area contributed by atoms with Gasteiger partial charge in [-0.2, -0.15) is 0 Å². The van der Waals surface area contributed by atoms with Crippen LogP contribution in [0.2, 0.25) is 0 Å². The maximum absolute atomic E-state index is 10.8. The highest BCUT2D eigenvalue weighted by Crippen LogP contribution is 2.28.